The molecular formula is C17H24N6O3. The highest BCUT2D eigenvalue weighted by Gasteiger charge is 2.23. The van der Waals surface area contributed by atoms with Gasteiger partial charge in [0.05, 0.1) is 24.9 Å². The fourth-order valence-corrected chi connectivity index (χ4v) is 3.06. The summed E-state index contributed by atoms with van der Waals surface area (Å²) in [6, 6.07) is 3.28. The van der Waals surface area contributed by atoms with E-state index in [2.05, 4.69) is 20.4 Å². The van der Waals surface area contributed by atoms with Crippen LogP contribution in [0.25, 0.3) is 0 Å². The first-order valence-corrected chi connectivity index (χ1v) is 8.68. The van der Waals surface area contributed by atoms with Gasteiger partial charge in [-0.3, -0.25) is 14.3 Å². The van der Waals surface area contributed by atoms with E-state index in [-0.39, 0.29) is 17.5 Å². The van der Waals surface area contributed by atoms with Crippen molar-refractivity contribution in [1.82, 2.24) is 24.9 Å². The summed E-state index contributed by atoms with van der Waals surface area (Å²) in [6.45, 7) is 2.34. The molecule has 140 valence electrons. The summed E-state index contributed by atoms with van der Waals surface area (Å²) in [6.07, 6.45) is 5.11. The van der Waals surface area contributed by atoms with Crippen molar-refractivity contribution in [3.63, 3.8) is 0 Å². The predicted octanol–water partition coefficient (Wildman–Crippen LogP) is 0.0220. The quantitative estimate of drug-likeness (QED) is 0.781. The zero-order chi connectivity index (χ0) is 18.5. The van der Waals surface area contributed by atoms with Gasteiger partial charge in [-0.2, -0.15) is 10.2 Å². The Morgan fingerprint density at radius 3 is 3.00 bits per heavy atom. The summed E-state index contributed by atoms with van der Waals surface area (Å²) < 4.78 is 8.04. The maximum absolute atomic E-state index is 12.3. The third-order valence-corrected chi connectivity index (χ3v) is 4.41. The molecule has 1 aliphatic rings. The summed E-state index contributed by atoms with van der Waals surface area (Å²) in [5, 5.41) is 11.5. The molecule has 1 amide bonds. The van der Waals surface area contributed by atoms with Crippen LogP contribution in [0.5, 0.6) is 0 Å². The number of anilines is 1. The molecule has 2 aromatic heterocycles. The summed E-state index contributed by atoms with van der Waals surface area (Å²) in [4.78, 5) is 26.3. The molecular weight excluding hydrogens is 336 g/mol. The van der Waals surface area contributed by atoms with Crippen molar-refractivity contribution in [3.8, 4) is 0 Å². The number of nitrogens with zero attached hydrogens (tertiary/aromatic N) is 5. The van der Waals surface area contributed by atoms with Crippen LogP contribution < -0.4 is 15.8 Å². The average Bonchev–Trinajstić information content (AvgIpc) is 3.08. The molecule has 26 heavy (non-hydrogen) atoms. The van der Waals surface area contributed by atoms with Crippen LogP contribution in [0.4, 0.5) is 5.82 Å². The normalized spacial score (nSPS) is 17.3. The lowest BCUT2D eigenvalue weighted by atomic mass is 10.1. The second-order valence-corrected chi connectivity index (χ2v) is 6.41. The van der Waals surface area contributed by atoms with E-state index in [1.165, 1.54) is 10.7 Å². The first-order chi connectivity index (χ1) is 12.6. The van der Waals surface area contributed by atoms with E-state index in [0.717, 1.165) is 25.2 Å². The lowest BCUT2D eigenvalue weighted by molar-refractivity contribution is 0.0933. The molecule has 9 heteroatoms. The highest BCUT2D eigenvalue weighted by atomic mass is 16.5. The summed E-state index contributed by atoms with van der Waals surface area (Å²) in [5.41, 5.74) is 0.403. The van der Waals surface area contributed by atoms with Gasteiger partial charge in [0.25, 0.3) is 11.5 Å². The maximum atomic E-state index is 12.3. The van der Waals surface area contributed by atoms with Crippen LogP contribution in [0, 0.1) is 0 Å². The molecule has 1 atom stereocenters. The molecule has 1 unspecified atom stereocenters. The molecule has 0 aromatic carbocycles. The van der Waals surface area contributed by atoms with Crippen molar-refractivity contribution in [2.24, 2.45) is 7.05 Å². The first kappa shape index (κ1) is 18.1. The van der Waals surface area contributed by atoms with Gasteiger partial charge in [-0.1, -0.05) is 0 Å². The van der Waals surface area contributed by atoms with Gasteiger partial charge >= 0.3 is 0 Å². The van der Waals surface area contributed by atoms with Gasteiger partial charge in [-0.15, -0.1) is 0 Å². The van der Waals surface area contributed by atoms with E-state index in [4.69, 9.17) is 4.74 Å². The molecule has 3 rings (SSSR count). The number of methoxy groups -OCH3 is 1. The highest BCUT2D eigenvalue weighted by molar-refractivity contribution is 5.93. The summed E-state index contributed by atoms with van der Waals surface area (Å²) >= 11 is 0. The minimum Gasteiger partial charge on any atom is -0.383 e. The molecule has 0 spiro atoms. The molecule has 0 radical (unpaired) electrons. The number of nitrogens with one attached hydrogen (secondary N) is 1. The number of aryl methyl sites for hydroxylation is 1. The van der Waals surface area contributed by atoms with Crippen molar-refractivity contribution in [3.05, 3.63) is 40.4 Å². The Hall–Kier alpha value is -2.68. The Kier molecular flexibility index (Phi) is 5.67. The van der Waals surface area contributed by atoms with E-state index in [0.29, 0.717) is 25.3 Å². The minimum absolute atomic E-state index is 0.0256. The molecule has 1 aliphatic heterocycles. The number of aromatic nitrogens is 4. The largest absolute Gasteiger partial charge is 0.383 e. The average molecular weight is 360 g/mol. The third kappa shape index (κ3) is 4.29. The minimum atomic E-state index is -0.149. The Labute approximate surface area is 151 Å². The van der Waals surface area contributed by atoms with Crippen molar-refractivity contribution in [2.45, 2.75) is 25.4 Å². The van der Waals surface area contributed by atoms with Crippen LogP contribution in [0.3, 0.4) is 0 Å². The zero-order valence-corrected chi connectivity index (χ0v) is 15.1. The number of carbonyl (C=O) groups is 1. The molecule has 0 saturated carbocycles. The Balaban J connectivity index is 1.66. The van der Waals surface area contributed by atoms with Gasteiger partial charge in [0, 0.05) is 45.6 Å². The Morgan fingerprint density at radius 2 is 2.27 bits per heavy atom. The zero-order valence-electron chi connectivity index (χ0n) is 15.1. The number of rotatable bonds is 6. The monoisotopic (exact) mass is 360 g/mol. The molecule has 2 aromatic rings. The molecule has 0 aliphatic carbocycles. The van der Waals surface area contributed by atoms with Crippen molar-refractivity contribution >= 4 is 11.7 Å². The van der Waals surface area contributed by atoms with E-state index >= 15 is 0 Å². The van der Waals surface area contributed by atoms with Crippen LogP contribution >= 0.6 is 0 Å². The molecule has 1 saturated heterocycles. The van der Waals surface area contributed by atoms with Gasteiger partial charge in [0.1, 0.15) is 5.82 Å². The lowest BCUT2D eigenvalue weighted by Gasteiger charge is -2.33. The predicted molar refractivity (Wildman–Crippen MR) is 96.3 cm³/mol. The van der Waals surface area contributed by atoms with Gasteiger partial charge in [-0.25, -0.2) is 4.68 Å². The fourth-order valence-electron chi connectivity index (χ4n) is 3.06. The standard InChI is InChI=1S/C17H24N6O3/c1-21-11-13(10-18-21)17(25)19-14-4-3-7-22(12-14)15-5-6-16(24)23(20-15)8-9-26-2/h5-6,10-11,14H,3-4,7-9,12H2,1-2H3,(H,19,25). The fraction of sp³-hybridized carbons (Fsp3) is 0.529. The van der Waals surface area contributed by atoms with Gasteiger partial charge in [0.15, 0.2) is 0 Å². The van der Waals surface area contributed by atoms with E-state index in [9.17, 15) is 9.59 Å². The Morgan fingerprint density at radius 1 is 1.42 bits per heavy atom. The number of hydrogen-bond acceptors (Lipinski definition) is 6. The van der Waals surface area contributed by atoms with Crippen LogP contribution in [-0.4, -0.2) is 58.3 Å². The van der Waals surface area contributed by atoms with Crippen LogP contribution in [-0.2, 0) is 18.3 Å². The van der Waals surface area contributed by atoms with E-state index in [1.54, 1.807) is 37.3 Å². The number of ether oxygens (including phenoxy) is 1. The highest BCUT2D eigenvalue weighted by Crippen LogP contribution is 2.17. The molecule has 3 heterocycles. The lowest BCUT2D eigenvalue weighted by Crippen LogP contribution is -2.48. The van der Waals surface area contributed by atoms with Gasteiger partial charge in [-0.05, 0) is 18.9 Å². The summed E-state index contributed by atoms with van der Waals surface area (Å²) in [5.74, 6) is 0.615. The molecule has 1 fully saturated rings. The molecule has 1 N–H and O–H groups in total. The van der Waals surface area contributed by atoms with E-state index < -0.39 is 0 Å². The topological polar surface area (TPSA) is 94.3 Å². The van der Waals surface area contributed by atoms with Crippen LogP contribution in [0.2, 0.25) is 0 Å². The first-order valence-electron chi connectivity index (χ1n) is 8.68. The second-order valence-electron chi connectivity index (χ2n) is 6.41. The van der Waals surface area contributed by atoms with Crippen molar-refractivity contribution in [1.29, 1.82) is 0 Å². The van der Waals surface area contributed by atoms with Crippen LogP contribution in [0.15, 0.2) is 29.3 Å². The van der Waals surface area contributed by atoms with Crippen molar-refractivity contribution < 1.29 is 9.53 Å². The van der Waals surface area contributed by atoms with Crippen molar-refractivity contribution in [2.75, 3.05) is 31.7 Å². The smallest absolute Gasteiger partial charge is 0.266 e. The number of carbonyl (C=O) groups excluding carboxylic acids is 1. The third-order valence-electron chi connectivity index (χ3n) is 4.41. The number of piperidine rings is 1. The molecule has 9 nitrogen and oxygen atoms in total. The Bertz CT molecular complexity index is 815. The maximum Gasteiger partial charge on any atom is 0.266 e. The number of hydrogen-bond donors (Lipinski definition) is 1. The second kappa shape index (κ2) is 8.13. The SMILES string of the molecule is COCCn1nc(N2CCCC(NC(=O)c3cnn(C)c3)C2)ccc1=O. The summed E-state index contributed by atoms with van der Waals surface area (Å²) in [7, 11) is 3.37. The van der Waals surface area contributed by atoms with Crippen LogP contribution in [0.1, 0.15) is 23.2 Å². The molecule has 0 bridgehead atoms. The van der Waals surface area contributed by atoms with Gasteiger partial charge in [0.2, 0.25) is 0 Å². The van der Waals surface area contributed by atoms with Gasteiger partial charge < -0.3 is 15.0 Å². The van der Waals surface area contributed by atoms with E-state index in [1.807, 2.05) is 0 Å². The number of amides is 1.